The first kappa shape index (κ1) is 13.2. The molecular weight excluding hydrogens is 227 g/mol. The van der Waals surface area contributed by atoms with Gasteiger partial charge in [-0.3, -0.25) is 9.59 Å². The third kappa shape index (κ3) is 2.61. The van der Waals surface area contributed by atoms with Crippen LogP contribution in [0.2, 0.25) is 0 Å². The molecule has 0 radical (unpaired) electrons. The van der Waals surface area contributed by atoms with Gasteiger partial charge in [0.1, 0.15) is 5.82 Å². The molecule has 4 nitrogen and oxygen atoms in total. The van der Waals surface area contributed by atoms with Crippen LogP contribution in [-0.2, 0) is 16.0 Å². The number of aliphatic carboxylic acids is 2. The lowest BCUT2D eigenvalue weighted by Crippen LogP contribution is -2.40. The lowest BCUT2D eigenvalue weighted by molar-refractivity contribution is -0.164. The van der Waals surface area contributed by atoms with E-state index in [1.807, 2.05) is 0 Å². The smallest absolute Gasteiger partial charge is 0.321 e. The molecule has 5 heteroatoms. The molecule has 92 valence electrons. The number of rotatable bonds is 5. The van der Waals surface area contributed by atoms with Crippen molar-refractivity contribution in [2.24, 2.45) is 5.41 Å². The topological polar surface area (TPSA) is 74.6 Å². The highest BCUT2D eigenvalue weighted by Gasteiger charge is 2.44. The van der Waals surface area contributed by atoms with Gasteiger partial charge in [-0.25, -0.2) is 4.39 Å². The Kier molecular flexibility index (Phi) is 3.83. The maximum Gasteiger partial charge on any atom is 0.321 e. The lowest BCUT2D eigenvalue weighted by Gasteiger charge is -2.23. The lowest BCUT2D eigenvalue weighted by atomic mass is 9.79. The number of hydrogen-bond acceptors (Lipinski definition) is 2. The first-order chi connectivity index (χ1) is 7.92. The third-order valence-electron chi connectivity index (χ3n) is 2.84. The van der Waals surface area contributed by atoms with Crippen LogP contribution >= 0.6 is 0 Å². The molecule has 0 saturated heterocycles. The van der Waals surface area contributed by atoms with Crippen molar-refractivity contribution in [1.82, 2.24) is 0 Å². The van der Waals surface area contributed by atoms with Crippen molar-refractivity contribution in [3.05, 3.63) is 35.6 Å². The highest BCUT2D eigenvalue weighted by molar-refractivity contribution is 5.98. The number of hydrogen-bond donors (Lipinski definition) is 2. The molecule has 0 atom stereocenters. The molecule has 0 aliphatic carbocycles. The van der Waals surface area contributed by atoms with E-state index in [-0.39, 0.29) is 12.8 Å². The van der Waals surface area contributed by atoms with Gasteiger partial charge in [-0.2, -0.15) is 0 Å². The Balaban J connectivity index is 3.06. The standard InChI is InChI=1S/C12H13FO4/c1-2-12(10(14)15,11(16)17)7-8-3-5-9(13)6-4-8/h3-6H,2,7H2,1H3,(H,14,15)(H,16,17). The van der Waals surface area contributed by atoms with Crippen LogP contribution in [0.5, 0.6) is 0 Å². The van der Waals surface area contributed by atoms with Gasteiger partial charge in [0, 0.05) is 0 Å². The fraction of sp³-hybridized carbons (Fsp3) is 0.333. The highest BCUT2D eigenvalue weighted by Crippen LogP contribution is 2.28. The summed E-state index contributed by atoms with van der Waals surface area (Å²) in [5.41, 5.74) is -1.37. The van der Waals surface area contributed by atoms with Crippen molar-refractivity contribution in [2.75, 3.05) is 0 Å². The summed E-state index contributed by atoms with van der Waals surface area (Å²) in [6, 6.07) is 5.15. The molecule has 17 heavy (non-hydrogen) atoms. The number of carbonyl (C=O) groups is 2. The summed E-state index contributed by atoms with van der Waals surface area (Å²) < 4.78 is 12.7. The average molecular weight is 240 g/mol. The van der Waals surface area contributed by atoms with E-state index in [0.29, 0.717) is 5.56 Å². The van der Waals surface area contributed by atoms with Gasteiger partial charge >= 0.3 is 11.9 Å². The van der Waals surface area contributed by atoms with Gasteiger partial charge in [-0.05, 0) is 30.5 Å². The van der Waals surface area contributed by atoms with Gasteiger partial charge in [-0.1, -0.05) is 19.1 Å². The van der Waals surface area contributed by atoms with E-state index in [2.05, 4.69) is 0 Å². The molecule has 0 amide bonds. The molecule has 1 aromatic carbocycles. The quantitative estimate of drug-likeness (QED) is 0.771. The normalized spacial score (nSPS) is 11.2. The first-order valence-electron chi connectivity index (χ1n) is 5.13. The molecule has 0 saturated carbocycles. The van der Waals surface area contributed by atoms with Crippen LogP contribution in [0.25, 0.3) is 0 Å². The maximum absolute atomic E-state index is 12.7. The van der Waals surface area contributed by atoms with Crippen molar-refractivity contribution in [1.29, 1.82) is 0 Å². The Labute approximate surface area is 97.7 Å². The summed E-state index contributed by atoms with van der Waals surface area (Å²) >= 11 is 0. The fourth-order valence-corrected chi connectivity index (χ4v) is 1.62. The SMILES string of the molecule is CCC(Cc1ccc(F)cc1)(C(=O)O)C(=O)O. The van der Waals surface area contributed by atoms with E-state index in [0.717, 1.165) is 0 Å². The Morgan fingerprint density at radius 3 is 2.00 bits per heavy atom. The van der Waals surface area contributed by atoms with E-state index in [9.17, 15) is 14.0 Å². The largest absolute Gasteiger partial charge is 0.480 e. The minimum atomic E-state index is -1.85. The van der Waals surface area contributed by atoms with Crippen molar-refractivity contribution in [2.45, 2.75) is 19.8 Å². The highest BCUT2D eigenvalue weighted by atomic mass is 19.1. The molecule has 1 aromatic rings. The van der Waals surface area contributed by atoms with Crippen LogP contribution in [0.1, 0.15) is 18.9 Å². The predicted octanol–water partition coefficient (Wildman–Crippen LogP) is 1.93. The Morgan fingerprint density at radius 1 is 1.18 bits per heavy atom. The molecular formula is C12H13FO4. The Hall–Kier alpha value is -1.91. The monoisotopic (exact) mass is 240 g/mol. The van der Waals surface area contributed by atoms with Crippen molar-refractivity contribution in [3.63, 3.8) is 0 Å². The summed E-state index contributed by atoms with van der Waals surface area (Å²) in [6.45, 7) is 1.51. The second kappa shape index (κ2) is 4.95. The van der Waals surface area contributed by atoms with Crippen LogP contribution in [0, 0.1) is 11.2 Å². The average Bonchev–Trinajstić information content (AvgIpc) is 2.27. The van der Waals surface area contributed by atoms with E-state index in [1.165, 1.54) is 31.2 Å². The molecule has 0 heterocycles. The molecule has 0 aliphatic heterocycles. The second-order valence-corrected chi connectivity index (χ2v) is 3.85. The third-order valence-corrected chi connectivity index (χ3v) is 2.84. The molecule has 0 fully saturated rings. The van der Waals surface area contributed by atoms with Crippen LogP contribution in [0.3, 0.4) is 0 Å². The zero-order valence-corrected chi connectivity index (χ0v) is 9.31. The van der Waals surface area contributed by atoms with Crippen LogP contribution in [0.15, 0.2) is 24.3 Å². The molecule has 0 unspecified atom stereocenters. The zero-order valence-electron chi connectivity index (χ0n) is 9.31. The zero-order chi connectivity index (χ0) is 13.1. The summed E-state index contributed by atoms with van der Waals surface area (Å²) in [4.78, 5) is 22.2. The number of carboxylic acid groups (broad SMARTS) is 2. The Morgan fingerprint density at radius 2 is 1.65 bits per heavy atom. The van der Waals surface area contributed by atoms with Gasteiger partial charge in [0.15, 0.2) is 5.41 Å². The van der Waals surface area contributed by atoms with Gasteiger partial charge in [-0.15, -0.1) is 0 Å². The van der Waals surface area contributed by atoms with Gasteiger partial charge in [0.05, 0.1) is 0 Å². The molecule has 0 aromatic heterocycles. The first-order valence-corrected chi connectivity index (χ1v) is 5.13. The van der Waals surface area contributed by atoms with E-state index < -0.39 is 23.2 Å². The fourth-order valence-electron chi connectivity index (χ4n) is 1.62. The minimum absolute atomic E-state index is 0.0327. The van der Waals surface area contributed by atoms with E-state index >= 15 is 0 Å². The second-order valence-electron chi connectivity index (χ2n) is 3.85. The van der Waals surface area contributed by atoms with Crippen LogP contribution in [-0.4, -0.2) is 22.2 Å². The maximum atomic E-state index is 12.7. The molecule has 1 rings (SSSR count). The summed E-state index contributed by atoms with van der Waals surface area (Å²) in [6.07, 6.45) is -0.191. The van der Waals surface area contributed by atoms with E-state index in [4.69, 9.17) is 10.2 Å². The Bertz CT molecular complexity index is 411. The van der Waals surface area contributed by atoms with Crippen molar-refractivity contribution in [3.8, 4) is 0 Å². The van der Waals surface area contributed by atoms with E-state index in [1.54, 1.807) is 0 Å². The van der Waals surface area contributed by atoms with Crippen LogP contribution < -0.4 is 0 Å². The predicted molar refractivity (Wildman–Crippen MR) is 58.1 cm³/mol. The minimum Gasteiger partial charge on any atom is -0.480 e. The van der Waals surface area contributed by atoms with Crippen molar-refractivity contribution >= 4 is 11.9 Å². The van der Waals surface area contributed by atoms with Gasteiger partial charge in [0.2, 0.25) is 0 Å². The molecule has 0 spiro atoms. The van der Waals surface area contributed by atoms with Gasteiger partial charge < -0.3 is 10.2 Å². The van der Waals surface area contributed by atoms with Gasteiger partial charge in [0.25, 0.3) is 0 Å². The van der Waals surface area contributed by atoms with Crippen LogP contribution in [0.4, 0.5) is 4.39 Å². The summed E-state index contributed by atoms with van der Waals surface area (Å²) in [7, 11) is 0. The molecule has 0 aliphatic rings. The molecule has 2 N–H and O–H groups in total. The number of benzene rings is 1. The van der Waals surface area contributed by atoms with Crippen molar-refractivity contribution < 1.29 is 24.2 Å². The number of carboxylic acids is 2. The number of halogens is 1. The summed E-state index contributed by atoms with van der Waals surface area (Å²) in [5, 5.41) is 18.1. The summed E-state index contributed by atoms with van der Waals surface area (Å²) in [5.74, 6) is -3.20. The molecule has 0 bridgehead atoms.